The first-order chi connectivity index (χ1) is 8.74. The van der Waals surface area contributed by atoms with Crippen LogP contribution in [0.25, 0.3) is 22.1 Å². The standard InChI is InChI=1S/C16H15NO/c1-11(17)15-8-9-16(18-15)14-7-6-12-4-2-3-5-13(12)10-14/h2-11H,17H2,1H3. The minimum Gasteiger partial charge on any atom is -0.459 e. The van der Waals surface area contributed by atoms with E-state index in [9.17, 15) is 0 Å². The maximum atomic E-state index is 5.80. The van der Waals surface area contributed by atoms with E-state index in [1.165, 1.54) is 10.8 Å². The molecule has 0 radical (unpaired) electrons. The molecule has 0 bridgehead atoms. The van der Waals surface area contributed by atoms with E-state index in [4.69, 9.17) is 10.2 Å². The zero-order chi connectivity index (χ0) is 12.5. The zero-order valence-electron chi connectivity index (χ0n) is 10.3. The Kier molecular flexibility index (Phi) is 2.65. The molecule has 3 rings (SSSR count). The van der Waals surface area contributed by atoms with Crippen LogP contribution in [0.4, 0.5) is 0 Å². The maximum absolute atomic E-state index is 5.80. The monoisotopic (exact) mass is 237 g/mol. The average molecular weight is 237 g/mol. The van der Waals surface area contributed by atoms with Crippen molar-refractivity contribution in [2.75, 3.05) is 0 Å². The molecule has 1 atom stereocenters. The molecule has 2 N–H and O–H groups in total. The number of furan rings is 1. The molecular weight excluding hydrogens is 222 g/mol. The highest BCUT2D eigenvalue weighted by molar-refractivity contribution is 5.86. The smallest absolute Gasteiger partial charge is 0.134 e. The predicted octanol–water partition coefficient (Wildman–Crippen LogP) is 4.12. The van der Waals surface area contributed by atoms with Gasteiger partial charge in [0.15, 0.2) is 0 Å². The summed E-state index contributed by atoms with van der Waals surface area (Å²) in [6.45, 7) is 1.92. The first-order valence-corrected chi connectivity index (χ1v) is 6.08. The molecule has 0 spiro atoms. The Morgan fingerprint density at radius 2 is 1.72 bits per heavy atom. The Morgan fingerprint density at radius 1 is 0.944 bits per heavy atom. The van der Waals surface area contributed by atoms with Crippen molar-refractivity contribution < 1.29 is 4.42 Å². The van der Waals surface area contributed by atoms with Gasteiger partial charge in [0, 0.05) is 5.56 Å². The number of benzene rings is 2. The van der Waals surface area contributed by atoms with E-state index >= 15 is 0 Å². The lowest BCUT2D eigenvalue weighted by Crippen LogP contribution is -2.02. The summed E-state index contributed by atoms with van der Waals surface area (Å²) in [6, 6.07) is 18.5. The average Bonchev–Trinajstić information content (AvgIpc) is 2.88. The third-order valence-electron chi connectivity index (χ3n) is 3.11. The van der Waals surface area contributed by atoms with Crippen LogP contribution >= 0.6 is 0 Å². The van der Waals surface area contributed by atoms with Gasteiger partial charge in [-0.3, -0.25) is 0 Å². The number of hydrogen-bond donors (Lipinski definition) is 1. The Morgan fingerprint density at radius 3 is 2.44 bits per heavy atom. The van der Waals surface area contributed by atoms with Crippen LogP contribution in [-0.4, -0.2) is 0 Å². The molecule has 0 fully saturated rings. The highest BCUT2D eigenvalue weighted by atomic mass is 16.3. The van der Waals surface area contributed by atoms with E-state index in [1.54, 1.807) is 0 Å². The molecule has 0 aliphatic carbocycles. The molecule has 0 aliphatic rings. The minimum atomic E-state index is -0.0702. The van der Waals surface area contributed by atoms with E-state index in [2.05, 4.69) is 30.3 Å². The topological polar surface area (TPSA) is 39.2 Å². The Balaban J connectivity index is 2.07. The third-order valence-corrected chi connectivity index (χ3v) is 3.11. The molecule has 90 valence electrons. The van der Waals surface area contributed by atoms with Crippen molar-refractivity contribution in [3.63, 3.8) is 0 Å². The van der Waals surface area contributed by atoms with Crippen molar-refractivity contribution in [3.8, 4) is 11.3 Å². The van der Waals surface area contributed by atoms with Crippen LogP contribution in [0.5, 0.6) is 0 Å². The van der Waals surface area contributed by atoms with Gasteiger partial charge >= 0.3 is 0 Å². The van der Waals surface area contributed by atoms with Gasteiger partial charge in [0.05, 0.1) is 6.04 Å². The fourth-order valence-electron chi connectivity index (χ4n) is 2.10. The molecule has 1 aromatic heterocycles. The largest absolute Gasteiger partial charge is 0.459 e. The summed E-state index contributed by atoms with van der Waals surface area (Å²) in [7, 11) is 0. The van der Waals surface area contributed by atoms with Crippen LogP contribution in [-0.2, 0) is 0 Å². The van der Waals surface area contributed by atoms with Gasteiger partial charge in [-0.1, -0.05) is 36.4 Å². The van der Waals surface area contributed by atoms with Crippen molar-refractivity contribution in [3.05, 3.63) is 60.4 Å². The van der Waals surface area contributed by atoms with Gasteiger partial charge in [0.25, 0.3) is 0 Å². The molecule has 2 nitrogen and oxygen atoms in total. The van der Waals surface area contributed by atoms with Crippen molar-refractivity contribution in [1.82, 2.24) is 0 Å². The van der Waals surface area contributed by atoms with E-state index in [0.29, 0.717) is 0 Å². The molecule has 0 saturated carbocycles. The van der Waals surface area contributed by atoms with E-state index < -0.39 is 0 Å². The summed E-state index contributed by atoms with van der Waals surface area (Å²) in [5, 5.41) is 2.45. The normalized spacial score (nSPS) is 12.8. The van der Waals surface area contributed by atoms with Crippen LogP contribution in [0.3, 0.4) is 0 Å². The first kappa shape index (κ1) is 11.1. The predicted molar refractivity (Wildman–Crippen MR) is 74.3 cm³/mol. The summed E-state index contributed by atoms with van der Waals surface area (Å²) in [4.78, 5) is 0. The number of nitrogens with two attached hydrogens (primary N) is 1. The van der Waals surface area contributed by atoms with Crippen LogP contribution in [0.1, 0.15) is 18.7 Å². The highest BCUT2D eigenvalue weighted by Crippen LogP contribution is 2.27. The van der Waals surface area contributed by atoms with Crippen molar-refractivity contribution >= 4 is 10.8 Å². The van der Waals surface area contributed by atoms with Gasteiger partial charge in [0.2, 0.25) is 0 Å². The summed E-state index contributed by atoms with van der Waals surface area (Å²) in [5.41, 5.74) is 6.89. The van der Waals surface area contributed by atoms with Gasteiger partial charge < -0.3 is 10.2 Å². The van der Waals surface area contributed by atoms with Crippen LogP contribution in [0, 0.1) is 0 Å². The first-order valence-electron chi connectivity index (χ1n) is 6.08. The van der Waals surface area contributed by atoms with Crippen LogP contribution in [0.15, 0.2) is 59.0 Å². The molecule has 3 aromatic rings. The molecule has 1 unspecified atom stereocenters. The van der Waals surface area contributed by atoms with Crippen LogP contribution in [0.2, 0.25) is 0 Å². The Hall–Kier alpha value is -2.06. The lowest BCUT2D eigenvalue weighted by atomic mass is 10.1. The molecule has 0 aliphatic heterocycles. The molecule has 18 heavy (non-hydrogen) atoms. The van der Waals surface area contributed by atoms with Gasteiger partial charge in [-0.25, -0.2) is 0 Å². The number of fused-ring (bicyclic) bond motifs is 1. The fraction of sp³-hybridized carbons (Fsp3) is 0.125. The summed E-state index contributed by atoms with van der Waals surface area (Å²) < 4.78 is 5.76. The molecule has 0 saturated heterocycles. The van der Waals surface area contributed by atoms with Gasteiger partial charge in [-0.15, -0.1) is 0 Å². The molecule has 2 aromatic carbocycles. The second-order valence-corrected chi connectivity index (χ2v) is 4.55. The SMILES string of the molecule is CC(N)c1ccc(-c2ccc3ccccc3c2)o1. The molecule has 2 heteroatoms. The quantitative estimate of drug-likeness (QED) is 0.728. The second-order valence-electron chi connectivity index (χ2n) is 4.55. The lowest BCUT2D eigenvalue weighted by Gasteiger charge is -2.02. The van der Waals surface area contributed by atoms with Gasteiger partial charge in [-0.2, -0.15) is 0 Å². The Labute approximate surface area is 106 Å². The van der Waals surface area contributed by atoms with E-state index in [1.807, 2.05) is 31.2 Å². The maximum Gasteiger partial charge on any atom is 0.134 e. The lowest BCUT2D eigenvalue weighted by molar-refractivity contribution is 0.491. The molecule has 0 amide bonds. The Bertz CT molecular complexity index is 682. The van der Waals surface area contributed by atoms with Crippen molar-refractivity contribution in [2.45, 2.75) is 13.0 Å². The zero-order valence-corrected chi connectivity index (χ0v) is 10.3. The van der Waals surface area contributed by atoms with Crippen molar-refractivity contribution in [1.29, 1.82) is 0 Å². The third kappa shape index (κ3) is 1.91. The summed E-state index contributed by atoms with van der Waals surface area (Å²) in [6.07, 6.45) is 0. The van der Waals surface area contributed by atoms with Crippen molar-refractivity contribution in [2.24, 2.45) is 5.73 Å². The van der Waals surface area contributed by atoms with E-state index in [0.717, 1.165) is 17.1 Å². The highest BCUT2D eigenvalue weighted by Gasteiger charge is 2.08. The summed E-state index contributed by atoms with van der Waals surface area (Å²) >= 11 is 0. The van der Waals surface area contributed by atoms with Gasteiger partial charge in [-0.05, 0) is 35.9 Å². The minimum absolute atomic E-state index is 0.0702. The number of hydrogen-bond acceptors (Lipinski definition) is 2. The van der Waals surface area contributed by atoms with Gasteiger partial charge in [0.1, 0.15) is 11.5 Å². The molecular formula is C16H15NO. The number of rotatable bonds is 2. The fourth-order valence-corrected chi connectivity index (χ4v) is 2.10. The van der Waals surface area contributed by atoms with E-state index in [-0.39, 0.29) is 6.04 Å². The van der Waals surface area contributed by atoms with Crippen LogP contribution < -0.4 is 5.73 Å². The summed E-state index contributed by atoms with van der Waals surface area (Å²) in [5.74, 6) is 1.69. The second kappa shape index (κ2) is 4.31. The molecule has 1 heterocycles.